The molecule has 6 bridgehead atoms. The molecule has 0 aromatic heterocycles. The summed E-state index contributed by atoms with van der Waals surface area (Å²) in [5.74, 6) is 0.517. The van der Waals surface area contributed by atoms with Crippen LogP contribution in [0.1, 0.15) is 51.9 Å². The highest BCUT2D eigenvalue weighted by Gasteiger charge is 2.19. The molecule has 5 rings (SSSR count). The van der Waals surface area contributed by atoms with Crippen molar-refractivity contribution in [3.8, 4) is 5.75 Å². The number of hydrogen-bond donors (Lipinski definition) is 2. The summed E-state index contributed by atoms with van der Waals surface area (Å²) in [6.45, 7) is 1.99. The number of amides is 1. The molecule has 2 N–H and O–H groups in total. The highest BCUT2D eigenvalue weighted by Crippen LogP contribution is 2.25. The Morgan fingerprint density at radius 1 is 0.919 bits per heavy atom. The summed E-state index contributed by atoms with van der Waals surface area (Å²) in [4.78, 5) is 35.4. The van der Waals surface area contributed by atoms with Gasteiger partial charge in [-0.15, -0.1) is 0 Å². The van der Waals surface area contributed by atoms with Crippen LogP contribution in [0, 0.1) is 6.92 Å². The highest BCUT2D eigenvalue weighted by atomic mass is 16.3. The van der Waals surface area contributed by atoms with E-state index in [1.165, 1.54) is 0 Å². The standard InChI is InChI=1S/C31H29N3O3/c1-20-5-2-3-8-27(20)33-30-16-10-21-9-15-29(36)26(19-21)28-14-13-25(35)12-11-24(32-28)18-22-6-4-7-23(17-22)31(37)34-30/h2-9,13-15,17,19,24,36H,10-12,16,18H2,1H3,(H,33,34,37). The number of aryl methyl sites for hydroxylation is 2. The first kappa shape index (κ1) is 24.4. The molecule has 2 aliphatic rings. The number of fused-ring (bicyclic) bond motifs is 6. The molecule has 1 amide bonds. The Morgan fingerprint density at radius 3 is 2.65 bits per heavy atom. The second-order valence-corrected chi connectivity index (χ2v) is 9.56. The normalized spacial score (nSPS) is 19.2. The lowest BCUT2D eigenvalue weighted by Crippen LogP contribution is -2.31. The van der Waals surface area contributed by atoms with E-state index in [-0.39, 0.29) is 23.5 Å². The van der Waals surface area contributed by atoms with Gasteiger partial charge in [0, 0.05) is 24.0 Å². The molecule has 0 fully saturated rings. The van der Waals surface area contributed by atoms with Gasteiger partial charge in [0.15, 0.2) is 5.78 Å². The van der Waals surface area contributed by atoms with Crippen molar-refractivity contribution >= 4 is 28.9 Å². The van der Waals surface area contributed by atoms with Gasteiger partial charge in [0.1, 0.15) is 11.6 Å². The third kappa shape index (κ3) is 5.92. The highest BCUT2D eigenvalue weighted by molar-refractivity contribution is 6.13. The van der Waals surface area contributed by atoms with Crippen LogP contribution in [0.3, 0.4) is 0 Å². The monoisotopic (exact) mass is 491 g/mol. The molecule has 0 radical (unpaired) electrons. The molecular formula is C31H29N3O3. The van der Waals surface area contributed by atoms with Crippen LogP contribution in [0.25, 0.3) is 0 Å². The maximum atomic E-state index is 13.3. The molecular weight excluding hydrogens is 462 g/mol. The van der Waals surface area contributed by atoms with Gasteiger partial charge in [0.2, 0.25) is 0 Å². The lowest BCUT2D eigenvalue weighted by molar-refractivity contribution is -0.114. The van der Waals surface area contributed by atoms with Crippen LogP contribution >= 0.6 is 0 Å². The van der Waals surface area contributed by atoms with Crippen molar-refractivity contribution < 1.29 is 14.7 Å². The molecule has 0 saturated heterocycles. The van der Waals surface area contributed by atoms with E-state index in [4.69, 9.17) is 9.98 Å². The van der Waals surface area contributed by atoms with Crippen molar-refractivity contribution in [2.45, 2.75) is 45.1 Å². The molecule has 3 aromatic carbocycles. The lowest BCUT2D eigenvalue weighted by Gasteiger charge is -2.17. The molecule has 6 nitrogen and oxygen atoms in total. The summed E-state index contributed by atoms with van der Waals surface area (Å²) < 4.78 is 0. The number of nitrogens with zero attached hydrogens (tertiary/aromatic N) is 2. The summed E-state index contributed by atoms with van der Waals surface area (Å²) in [5, 5.41) is 13.7. The van der Waals surface area contributed by atoms with Gasteiger partial charge in [-0.2, -0.15) is 0 Å². The summed E-state index contributed by atoms with van der Waals surface area (Å²) in [7, 11) is 0. The minimum atomic E-state index is -0.213. The summed E-state index contributed by atoms with van der Waals surface area (Å²) >= 11 is 0. The zero-order valence-corrected chi connectivity index (χ0v) is 20.8. The smallest absolute Gasteiger partial charge is 0.256 e. The van der Waals surface area contributed by atoms with Crippen LogP contribution in [0.5, 0.6) is 5.75 Å². The van der Waals surface area contributed by atoms with E-state index in [0.29, 0.717) is 54.8 Å². The quantitative estimate of drug-likeness (QED) is 0.476. The fraction of sp³-hybridized carbons (Fsp3) is 0.226. The number of ketones is 1. The van der Waals surface area contributed by atoms with E-state index in [0.717, 1.165) is 22.4 Å². The molecule has 0 spiro atoms. The van der Waals surface area contributed by atoms with Gasteiger partial charge < -0.3 is 10.4 Å². The van der Waals surface area contributed by atoms with Crippen LogP contribution in [-0.4, -0.2) is 34.4 Å². The predicted molar refractivity (Wildman–Crippen MR) is 146 cm³/mol. The molecule has 3 aromatic rings. The van der Waals surface area contributed by atoms with Gasteiger partial charge >= 0.3 is 0 Å². The van der Waals surface area contributed by atoms with Crippen LogP contribution in [0.4, 0.5) is 5.69 Å². The Labute approximate surface area is 216 Å². The zero-order chi connectivity index (χ0) is 25.8. The Bertz CT molecular complexity index is 1450. The fourth-order valence-corrected chi connectivity index (χ4v) is 4.68. The first-order valence-corrected chi connectivity index (χ1v) is 12.6. The number of rotatable bonds is 1. The number of amidine groups is 1. The number of nitrogens with one attached hydrogen (secondary N) is 1. The first-order chi connectivity index (χ1) is 17.9. The average molecular weight is 492 g/mol. The van der Waals surface area contributed by atoms with E-state index in [1.807, 2.05) is 61.5 Å². The van der Waals surface area contributed by atoms with Crippen molar-refractivity contribution in [2.75, 3.05) is 0 Å². The van der Waals surface area contributed by atoms with E-state index in [9.17, 15) is 14.7 Å². The summed E-state index contributed by atoms with van der Waals surface area (Å²) in [5.41, 5.74) is 5.49. The minimum Gasteiger partial charge on any atom is -0.507 e. The van der Waals surface area contributed by atoms with Gasteiger partial charge in [-0.05, 0) is 85.4 Å². The lowest BCUT2D eigenvalue weighted by atomic mass is 9.96. The van der Waals surface area contributed by atoms with Crippen LogP contribution in [0.2, 0.25) is 0 Å². The summed E-state index contributed by atoms with van der Waals surface area (Å²) in [6.07, 6.45) is 5.92. The Balaban J connectivity index is 1.61. The molecule has 0 aliphatic carbocycles. The molecule has 2 aliphatic heterocycles. The first-order valence-electron chi connectivity index (χ1n) is 12.6. The van der Waals surface area contributed by atoms with Gasteiger partial charge in [0.05, 0.1) is 17.4 Å². The Morgan fingerprint density at radius 2 is 1.78 bits per heavy atom. The molecule has 6 heteroatoms. The maximum Gasteiger partial charge on any atom is 0.256 e. The molecule has 1 atom stereocenters. The predicted octanol–water partition coefficient (Wildman–Crippen LogP) is 5.43. The van der Waals surface area contributed by atoms with Gasteiger partial charge in [-0.1, -0.05) is 36.4 Å². The van der Waals surface area contributed by atoms with E-state index in [1.54, 1.807) is 24.3 Å². The van der Waals surface area contributed by atoms with E-state index < -0.39 is 0 Å². The third-order valence-corrected chi connectivity index (χ3v) is 6.75. The SMILES string of the molecule is Cc1ccccc1N=C1CCc2ccc(O)c(c2)C2=NC(CCC(=O)C=C2)Cc2cccc(c2)C(=O)N1. The largest absolute Gasteiger partial charge is 0.507 e. The van der Waals surface area contributed by atoms with Crippen LogP contribution in [-0.2, 0) is 17.6 Å². The second-order valence-electron chi connectivity index (χ2n) is 9.56. The number of carbonyl (C=O) groups excluding carboxylic acids is 2. The molecule has 2 heterocycles. The van der Waals surface area contributed by atoms with Gasteiger partial charge in [0.25, 0.3) is 5.91 Å². The summed E-state index contributed by atoms with van der Waals surface area (Å²) in [6, 6.07) is 20.6. The number of hydrogen-bond acceptors (Lipinski definition) is 5. The topological polar surface area (TPSA) is 91.1 Å². The number of para-hydroxylation sites is 1. The third-order valence-electron chi connectivity index (χ3n) is 6.75. The van der Waals surface area contributed by atoms with Crippen molar-refractivity contribution in [3.63, 3.8) is 0 Å². The Kier molecular flexibility index (Phi) is 7.08. The number of phenols is 1. The van der Waals surface area contributed by atoms with E-state index in [2.05, 4.69) is 5.32 Å². The average Bonchev–Trinajstić information content (AvgIpc) is 2.89. The number of aliphatic imine (C=N–C) groups is 2. The molecule has 37 heavy (non-hydrogen) atoms. The second kappa shape index (κ2) is 10.7. The molecule has 0 saturated carbocycles. The number of benzene rings is 3. The van der Waals surface area contributed by atoms with Crippen molar-refractivity contribution in [1.82, 2.24) is 5.32 Å². The molecule has 186 valence electrons. The number of phenolic OH excluding ortho intramolecular Hbond substituents is 1. The van der Waals surface area contributed by atoms with Crippen LogP contribution < -0.4 is 5.32 Å². The van der Waals surface area contributed by atoms with Gasteiger partial charge in [-0.3, -0.25) is 14.6 Å². The fourth-order valence-electron chi connectivity index (χ4n) is 4.68. The maximum absolute atomic E-state index is 13.3. The van der Waals surface area contributed by atoms with Crippen molar-refractivity contribution in [2.24, 2.45) is 9.98 Å². The van der Waals surface area contributed by atoms with Crippen molar-refractivity contribution in [1.29, 1.82) is 0 Å². The van der Waals surface area contributed by atoms with Crippen molar-refractivity contribution in [3.05, 3.63) is 107 Å². The van der Waals surface area contributed by atoms with Crippen LogP contribution in [0.15, 0.2) is 88.9 Å². The number of carbonyl (C=O) groups is 2. The zero-order valence-electron chi connectivity index (χ0n) is 20.8. The molecule has 1 unspecified atom stereocenters. The number of allylic oxidation sites excluding steroid dienone is 2. The minimum absolute atomic E-state index is 0.0381. The van der Waals surface area contributed by atoms with E-state index >= 15 is 0 Å². The van der Waals surface area contributed by atoms with Gasteiger partial charge in [-0.25, -0.2) is 4.99 Å². The number of aromatic hydroxyl groups is 1. The Hall–Kier alpha value is -4.32.